The summed E-state index contributed by atoms with van der Waals surface area (Å²) < 4.78 is 5.44. The summed E-state index contributed by atoms with van der Waals surface area (Å²) in [4.78, 5) is 9.38. The van der Waals surface area contributed by atoms with Crippen molar-refractivity contribution in [2.24, 2.45) is 0 Å². The Hall–Kier alpha value is -1.91. The third-order valence-electron chi connectivity index (χ3n) is 4.16. The summed E-state index contributed by atoms with van der Waals surface area (Å²) in [5.41, 5.74) is 2.42. The molecule has 1 fully saturated rings. The minimum absolute atomic E-state index is 0.948. The Morgan fingerprint density at radius 1 is 0.909 bits per heavy atom. The Bertz CT molecular complexity index is 580. The van der Waals surface area contributed by atoms with Gasteiger partial charge in [0.05, 0.1) is 12.8 Å². The SMILES string of the molecule is COc1ccccc1CN1CCN(Cc2ccccn2)CC1. The molecule has 1 saturated heterocycles. The van der Waals surface area contributed by atoms with Crippen molar-refractivity contribution >= 4 is 0 Å². The zero-order chi connectivity index (χ0) is 15.2. The Morgan fingerprint density at radius 3 is 2.27 bits per heavy atom. The molecule has 1 aliphatic heterocycles. The number of piperazine rings is 1. The zero-order valence-corrected chi connectivity index (χ0v) is 13.1. The second kappa shape index (κ2) is 7.38. The lowest BCUT2D eigenvalue weighted by Gasteiger charge is -2.34. The summed E-state index contributed by atoms with van der Waals surface area (Å²) in [6.45, 7) is 6.26. The first-order chi connectivity index (χ1) is 10.8. The van der Waals surface area contributed by atoms with Crippen LogP contribution in [0.1, 0.15) is 11.3 Å². The van der Waals surface area contributed by atoms with Gasteiger partial charge in [0.2, 0.25) is 0 Å². The molecule has 22 heavy (non-hydrogen) atoms. The van der Waals surface area contributed by atoms with E-state index in [4.69, 9.17) is 4.74 Å². The third kappa shape index (κ3) is 3.84. The number of methoxy groups -OCH3 is 1. The van der Waals surface area contributed by atoms with Crippen molar-refractivity contribution in [3.63, 3.8) is 0 Å². The lowest BCUT2D eigenvalue weighted by molar-refractivity contribution is 0.120. The number of benzene rings is 1. The van der Waals surface area contributed by atoms with Crippen LogP contribution in [-0.4, -0.2) is 48.1 Å². The highest BCUT2D eigenvalue weighted by Crippen LogP contribution is 2.20. The molecule has 2 heterocycles. The van der Waals surface area contributed by atoms with Gasteiger partial charge in [-0.05, 0) is 18.2 Å². The Labute approximate surface area is 132 Å². The second-order valence-corrected chi connectivity index (χ2v) is 5.69. The molecule has 0 radical (unpaired) electrons. The summed E-state index contributed by atoms with van der Waals surface area (Å²) in [6, 6.07) is 14.4. The first kappa shape index (κ1) is 15.0. The minimum Gasteiger partial charge on any atom is -0.496 e. The lowest BCUT2D eigenvalue weighted by Crippen LogP contribution is -2.45. The van der Waals surface area contributed by atoms with Crippen LogP contribution in [0.25, 0.3) is 0 Å². The molecule has 116 valence electrons. The highest BCUT2D eigenvalue weighted by molar-refractivity contribution is 5.33. The van der Waals surface area contributed by atoms with Crippen LogP contribution in [0.4, 0.5) is 0 Å². The number of aromatic nitrogens is 1. The molecule has 0 unspecified atom stereocenters. The predicted molar refractivity (Wildman–Crippen MR) is 87.8 cm³/mol. The van der Waals surface area contributed by atoms with Crippen molar-refractivity contribution in [3.8, 4) is 5.75 Å². The van der Waals surface area contributed by atoms with Crippen molar-refractivity contribution < 1.29 is 4.74 Å². The van der Waals surface area contributed by atoms with Crippen LogP contribution < -0.4 is 4.74 Å². The van der Waals surface area contributed by atoms with Gasteiger partial charge in [-0.2, -0.15) is 0 Å². The summed E-state index contributed by atoms with van der Waals surface area (Å²) >= 11 is 0. The molecule has 3 rings (SSSR count). The summed E-state index contributed by atoms with van der Waals surface area (Å²) in [5, 5.41) is 0. The molecule has 2 aromatic rings. The quantitative estimate of drug-likeness (QED) is 0.847. The van der Waals surface area contributed by atoms with Gasteiger partial charge in [-0.1, -0.05) is 24.3 Å². The largest absolute Gasteiger partial charge is 0.496 e. The molecule has 1 aromatic carbocycles. The van der Waals surface area contributed by atoms with Gasteiger partial charge in [-0.15, -0.1) is 0 Å². The number of pyridine rings is 1. The molecule has 1 aliphatic rings. The molecule has 1 aromatic heterocycles. The molecule has 0 spiro atoms. The maximum Gasteiger partial charge on any atom is 0.123 e. The van der Waals surface area contributed by atoms with Crippen LogP contribution in [0, 0.1) is 0 Å². The van der Waals surface area contributed by atoms with Gasteiger partial charge in [0, 0.05) is 51.0 Å². The lowest BCUT2D eigenvalue weighted by atomic mass is 10.1. The standard InChI is InChI=1S/C18H23N3O/c1-22-18-8-3-2-6-16(18)14-20-10-12-21(13-11-20)15-17-7-4-5-9-19-17/h2-9H,10-15H2,1H3. The highest BCUT2D eigenvalue weighted by Gasteiger charge is 2.18. The van der Waals surface area contributed by atoms with E-state index in [0.29, 0.717) is 0 Å². The van der Waals surface area contributed by atoms with Gasteiger partial charge in [-0.25, -0.2) is 0 Å². The molecule has 0 N–H and O–H groups in total. The van der Waals surface area contributed by atoms with Gasteiger partial charge in [0.1, 0.15) is 5.75 Å². The normalized spacial score (nSPS) is 16.6. The number of ether oxygens (including phenoxy) is 1. The van der Waals surface area contributed by atoms with E-state index < -0.39 is 0 Å². The number of hydrogen-bond donors (Lipinski definition) is 0. The van der Waals surface area contributed by atoms with Crippen molar-refractivity contribution in [1.29, 1.82) is 0 Å². The fraction of sp³-hybridized carbons (Fsp3) is 0.389. The van der Waals surface area contributed by atoms with Crippen molar-refractivity contribution in [1.82, 2.24) is 14.8 Å². The second-order valence-electron chi connectivity index (χ2n) is 5.69. The number of para-hydroxylation sites is 1. The van der Waals surface area contributed by atoms with Crippen LogP contribution in [0.2, 0.25) is 0 Å². The van der Waals surface area contributed by atoms with Crippen molar-refractivity contribution in [3.05, 3.63) is 59.9 Å². The molecule has 0 aliphatic carbocycles. The predicted octanol–water partition coefficient (Wildman–Crippen LogP) is 2.41. The molecule has 0 saturated carbocycles. The average Bonchev–Trinajstić information content (AvgIpc) is 2.58. The van der Waals surface area contributed by atoms with Gasteiger partial charge in [-0.3, -0.25) is 14.8 Å². The third-order valence-corrected chi connectivity index (χ3v) is 4.16. The molecule has 0 bridgehead atoms. The van der Waals surface area contributed by atoms with Gasteiger partial charge in [0.15, 0.2) is 0 Å². The van der Waals surface area contributed by atoms with Crippen LogP contribution in [0.15, 0.2) is 48.7 Å². The first-order valence-corrected chi connectivity index (χ1v) is 7.81. The van der Waals surface area contributed by atoms with Gasteiger partial charge >= 0.3 is 0 Å². The molecular formula is C18H23N3O. The number of nitrogens with zero attached hydrogens (tertiary/aromatic N) is 3. The number of rotatable bonds is 5. The van der Waals surface area contributed by atoms with Crippen LogP contribution in [0.3, 0.4) is 0 Å². The van der Waals surface area contributed by atoms with Crippen LogP contribution in [-0.2, 0) is 13.1 Å². The smallest absolute Gasteiger partial charge is 0.123 e. The fourth-order valence-corrected chi connectivity index (χ4v) is 2.90. The Balaban J connectivity index is 1.51. The van der Waals surface area contributed by atoms with Crippen LogP contribution >= 0.6 is 0 Å². The minimum atomic E-state index is 0.948. The van der Waals surface area contributed by atoms with E-state index in [1.807, 2.05) is 24.4 Å². The average molecular weight is 297 g/mol. The molecule has 4 nitrogen and oxygen atoms in total. The molecule has 4 heteroatoms. The summed E-state index contributed by atoms with van der Waals surface area (Å²) in [7, 11) is 1.74. The molecule has 0 amide bonds. The fourth-order valence-electron chi connectivity index (χ4n) is 2.90. The highest BCUT2D eigenvalue weighted by atomic mass is 16.5. The molecule has 0 atom stereocenters. The summed E-state index contributed by atoms with van der Waals surface area (Å²) in [6.07, 6.45) is 1.87. The van der Waals surface area contributed by atoms with E-state index in [-0.39, 0.29) is 0 Å². The van der Waals surface area contributed by atoms with E-state index in [2.05, 4.69) is 39.0 Å². The maximum absolute atomic E-state index is 5.44. The topological polar surface area (TPSA) is 28.6 Å². The monoisotopic (exact) mass is 297 g/mol. The maximum atomic E-state index is 5.44. The summed E-state index contributed by atoms with van der Waals surface area (Å²) in [5.74, 6) is 0.985. The van der Waals surface area contributed by atoms with Gasteiger partial charge in [0.25, 0.3) is 0 Å². The Morgan fingerprint density at radius 2 is 1.59 bits per heavy atom. The zero-order valence-electron chi connectivity index (χ0n) is 13.1. The van der Waals surface area contributed by atoms with E-state index in [0.717, 1.165) is 50.7 Å². The Kier molecular flexibility index (Phi) is 5.03. The van der Waals surface area contributed by atoms with E-state index >= 15 is 0 Å². The van der Waals surface area contributed by atoms with Crippen molar-refractivity contribution in [2.75, 3.05) is 33.3 Å². The van der Waals surface area contributed by atoms with E-state index in [9.17, 15) is 0 Å². The first-order valence-electron chi connectivity index (χ1n) is 7.81. The van der Waals surface area contributed by atoms with E-state index in [1.165, 1.54) is 5.56 Å². The number of hydrogen-bond acceptors (Lipinski definition) is 4. The van der Waals surface area contributed by atoms with Crippen LogP contribution in [0.5, 0.6) is 5.75 Å². The van der Waals surface area contributed by atoms with Crippen molar-refractivity contribution in [2.45, 2.75) is 13.1 Å². The van der Waals surface area contributed by atoms with Gasteiger partial charge < -0.3 is 4.74 Å². The van der Waals surface area contributed by atoms with E-state index in [1.54, 1.807) is 7.11 Å². The molecular weight excluding hydrogens is 274 g/mol.